The number of unbranched alkanes of at least 4 members (excludes halogenated alkanes) is 3. The van der Waals surface area contributed by atoms with Gasteiger partial charge in [0.15, 0.2) is 5.43 Å². The highest BCUT2D eigenvalue weighted by atomic mass is 32.2. The van der Waals surface area contributed by atoms with E-state index >= 15 is 0 Å². The Labute approximate surface area is 166 Å². The lowest BCUT2D eigenvalue weighted by molar-refractivity contribution is 0.702. The van der Waals surface area contributed by atoms with Gasteiger partial charge in [-0.3, -0.25) is 4.79 Å². The number of rotatable bonds is 5. The molecule has 26 heavy (non-hydrogen) atoms. The minimum absolute atomic E-state index is 0.187. The van der Waals surface area contributed by atoms with Crippen molar-refractivity contribution in [2.45, 2.75) is 59.8 Å². The van der Waals surface area contributed by atoms with Crippen LogP contribution in [0.3, 0.4) is 0 Å². The second kappa shape index (κ2) is 10.7. The summed E-state index contributed by atoms with van der Waals surface area (Å²) < 4.78 is 1.10. The molecule has 0 spiro atoms. The van der Waals surface area contributed by atoms with Gasteiger partial charge in [0.2, 0.25) is 0 Å². The van der Waals surface area contributed by atoms with Gasteiger partial charge in [-0.1, -0.05) is 64.7 Å². The molecule has 0 radical (unpaired) electrons. The maximum absolute atomic E-state index is 12.4. The predicted molar refractivity (Wildman–Crippen MR) is 122 cm³/mol. The number of thioether (sulfide) groups is 1. The summed E-state index contributed by atoms with van der Waals surface area (Å²) in [6.45, 7) is 8.51. The summed E-state index contributed by atoms with van der Waals surface area (Å²) >= 11 is 3.59. The Balaban J connectivity index is 0.000000352. The summed E-state index contributed by atoms with van der Waals surface area (Å²) in [5.74, 6) is 1.02. The molecule has 1 aliphatic rings. The van der Waals surface area contributed by atoms with E-state index in [1.165, 1.54) is 41.0 Å². The molecule has 0 bridgehead atoms. The smallest absolute Gasteiger partial charge is 0.191 e. The fourth-order valence-electron chi connectivity index (χ4n) is 2.90. The van der Waals surface area contributed by atoms with E-state index in [0.717, 1.165) is 27.8 Å². The standard InChI is InChI=1S/C17H16OS2.C6H14/c1-3-14-11(2)17(18)13-8-7-12(10-16(13)20-14)15-6-4-5-9-19-15;1-3-5-6-4-2/h4-8,10H,3,9H2,1-2H3;3-6H2,1-2H3. The minimum Gasteiger partial charge on any atom is -0.289 e. The first-order chi connectivity index (χ1) is 12.6. The van der Waals surface area contributed by atoms with E-state index in [2.05, 4.69) is 51.1 Å². The molecule has 0 unspecified atom stereocenters. The first-order valence-electron chi connectivity index (χ1n) is 9.68. The van der Waals surface area contributed by atoms with Crippen LogP contribution in [0.1, 0.15) is 62.5 Å². The van der Waals surface area contributed by atoms with E-state index < -0.39 is 0 Å². The zero-order valence-corrected chi connectivity index (χ0v) is 18.1. The van der Waals surface area contributed by atoms with Crippen LogP contribution in [0.5, 0.6) is 0 Å². The van der Waals surface area contributed by atoms with Gasteiger partial charge in [0.25, 0.3) is 0 Å². The molecule has 0 N–H and O–H groups in total. The first kappa shape index (κ1) is 21.0. The Hall–Kier alpha value is -1.32. The average molecular weight is 387 g/mol. The van der Waals surface area contributed by atoms with Gasteiger partial charge in [-0.15, -0.1) is 23.1 Å². The molecule has 2 heterocycles. The van der Waals surface area contributed by atoms with Gasteiger partial charge in [-0.2, -0.15) is 0 Å². The fraction of sp³-hybridized carbons (Fsp3) is 0.435. The Kier molecular flexibility index (Phi) is 8.67. The number of benzene rings is 1. The highest BCUT2D eigenvalue weighted by Gasteiger charge is 2.10. The molecule has 0 saturated heterocycles. The molecule has 2 aromatic rings. The lowest BCUT2D eigenvalue weighted by atomic mass is 10.1. The van der Waals surface area contributed by atoms with Crippen molar-refractivity contribution in [3.05, 3.63) is 62.7 Å². The van der Waals surface area contributed by atoms with Crippen molar-refractivity contribution in [1.29, 1.82) is 0 Å². The first-order valence-corrected chi connectivity index (χ1v) is 11.5. The zero-order valence-electron chi connectivity index (χ0n) is 16.4. The molecular formula is C23H30OS2. The van der Waals surface area contributed by atoms with E-state index in [9.17, 15) is 4.79 Å². The van der Waals surface area contributed by atoms with Gasteiger partial charge in [-0.25, -0.2) is 0 Å². The Bertz CT molecular complexity index is 839. The van der Waals surface area contributed by atoms with Crippen LogP contribution in [-0.2, 0) is 6.42 Å². The molecule has 3 rings (SSSR count). The zero-order chi connectivity index (χ0) is 18.9. The van der Waals surface area contributed by atoms with Crippen molar-refractivity contribution in [2.75, 3.05) is 5.75 Å². The van der Waals surface area contributed by atoms with Crippen molar-refractivity contribution >= 4 is 38.1 Å². The van der Waals surface area contributed by atoms with E-state index in [-0.39, 0.29) is 5.43 Å². The monoisotopic (exact) mass is 386 g/mol. The van der Waals surface area contributed by atoms with Crippen molar-refractivity contribution in [3.63, 3.8) is 0 Å². The van der Waals surface area contributed by atoms with Crippen molar-refractivity contribution in [1.82, 2.24) is 0 Å². The third kappa shape index (κ3) is 5.34. The van der Waals surface area contributed by atoms with Gasteiger partial charge in [0, 0.05) is 31.2 Å². The maximum atomic E-state index is 12.4. The average Bonchev–Trinajstić information content (AvgIpc) is 2.69. The molecular weight excluding hydrogens is 356 g/mol. The highest BCUT2D eigenvalue weighted by Crippen LogP contribution is 2.33. The molecule has 1 aromatic heterocycles. The fourth-order valence-corrected chi connectivity index (χ4v) is 4.87. The number of fused-ring (bicyclic) bond motifs is 1. The van der Waals surface area contributed by atoms with Crippen LogP contribution in [-0.4, -0.2) is 5.75 Å². The molecule has 0 aliphatic carbocycles. The second-order valence-corrected chi connectivity index (χ2v) is 8.72. The lowest BCUT2D eigenvalue weighted by Gasteiger charge is -2.10. The molecule has 0 fully saturated rings. The summed E-state index contributed by atoms with van der Waals surface area (Å²) in [6, 6.07) is 6.22. The van der Waals surface area contributed by atoms with Crippen LogP contribution in [0.25, 0.3) is 15.0 Å². The largest absolute Gasteiger partial charge is 0.289 e. The highest BCUT2D eigenvalue weighted by molar-refractivity contribution is 8.08. The summed E-state index contributed by atoms with van der Waals surface area (Å²) in [5.41, 5.74) is 2.31. The Morgan fingerprint density at radius 3 is 2.38 bits per heavy atom. The molecule has 0 amide bonds. The van der Waals surface area contributed by atoms with Gasteiger partial charge >= 0.3 is 0 Å². The lowest BCUT2D eigenvalue weighted by Crippen LogP contribution is -2.07. The van der Waals surface area contributed by atoms with Crippen molar-refractivity contribution < 1.29 is 0 Å². The van der Waals surface area contributed by atoms with Crippen LogP contribution in [0.15, 0.2) is 41.2 Å². The molecule has 3 heteroatoms. The number of aryl methyl sites for hydroxylation is 1. The maximum Gasteiger partial charge on any atom is 0.191 e. The molecule has 1 aromatic carbocycles. The van der Waals surface area contributed by atoms with Gasteiger partial charge in [0.05, 0.1) is 0 Å². The van der Waals surface area contributed by atoms with Crippen LogP contribution in [0, 0.1) is 6.92 Å². The molecule has 0 atom stereocenters. The minimum atomic E-state index is 0.187. The van der Waals surface area contributed by atoms with E-state index in [1.54, 1.807) is 11.3 Å². The number of allylic oxidation sites excluding steroid dienone is 2. The van der Waals surface area contributed by atoms with Gasteiger partial charge in [0.1, 0.15) is 0 Å². The Morgan fingerprint density at radius 2 is 1.81 bits per heavy atom. The summed E-state index contributed by atoms with van der Waals surface area (Å²) in [7, 11) is 0. The third-order valence-electron chi connectivity index (χ3n) is 4.50. The molecule has 1 aliphatic heterocycles. The summed E-state index contributed by atoms with van der Waals surface area (Å²) in [6.07, 6.45) is 12.9. The topological polar surface area (TPSA) is 17.1 Å². The Morgan fingerprint density at radius 1 is 1.08 bits per heavy atom. The second-order valence-electron chi connectivity index (χ2n) is 6.52. The SMILES string of the molecule is CCCCCC.CCc1sc2cc(C3=CC=CCS3)ccc2c(=O)c1C. The van der Waals surface area contributed by atoms with Crippen LogP contribution in [0.2, 0.25) is 0 Å². The van der Waals surface area contributed by atoms with E-state index in [0.29, 0.717) is 0 Å². The number of hydrogen-bond donors (Lipinski definition) is 0. The molecule has 1 nitrogen and oxygen atoms in total. The molecule has 0 saturated carbocycles. The van der Waals surface area contributed by atoms with Crippen LogP contribution < -0.4 is 5.43 Å². The van der Waals surface area contributed by atoms with Gasteiger partial charge < -0.3 is 0 Å². The number of hydrogen-bond acceptors (Lipinski definition) is 3. The third-order valence-corrected chi connectivity index (χ3v) is 6.94. The van der Waals surface area contributed by atoms with Gasteiger partial charge in [-0.05, 0) is 37.1 Å². The van der Waals surface area contributed by atoms with Crippen molar-refractivity contribution in [3.8, 4) is 0 Å². The van der Waals surface area contributed by atoms with Crippen LogP contribution >= 0.6 is 23.1 Å². The van der Waals surface area contributed by atoms with E-state index in [1.807, 2.05) is 24.8 Å². The summed E-state index contributed by atoms with van der Waals surface area (Å²) in [4.78, 5) is 14.9. The van der Waals surface area contributed by atoms with Crippen LogP contribution in [0.4, 0.5) is 0 Å². The van der Waals surface area contributed by atoms with Crippen molar-refractivity contribution in [2.24, 2.45) is 0 Å². The predicted octanol–water partition coefficient (Wildman–Crippen LogP) is 7.36. The van der Waals surface area contributed by atoms with E-state index in [4.69, 9.17) is 0 Å². The summed E-state index contributed by atoms with van der Waals surface area (Å²) in [5, 5.41) is 0.852. The molecule has 140 valence electrons. The normalized spacial score (nSPS) is 13.3. The quantitative estimate of drug-likeness (QED) is 0.499.